The molecule has 6 heteroatoms. The van der Waals surface area contributed by atoms with E-state index in [0.717, 1.165) is 27.8 Å². The van der Waals surface area contributed by atoms with Crippen LogP contribution in [-0.2, 0) is 6.54 Å². The maximum absolute atomic E-state index is 13.0. The summed E-state index contributed by atoms with van der Waals surface area (Å²) in [5.41, 5.74) is 1.66. The van der Waals surface area contributed by atoms with E-state index in [9.17, 15) is 9.90 Å². The molecule has 0 atom stereocenters. The lowest BCUT2D eigenvalue weighted by Gasteiger charge is -2.46. The van der Waals surface area contributed by atoms with Gasteiger partial charge in [0.15, 0.2) is 0 Å². The van der Waals surface area contributed by atoms with Crippen molar-refractivity contribution < 1.29 is 9.90 Å². The van der Waals surface area contributed by atoms with Crippen molar-refractivity contribution in [2.45, 2.75) is 45.1 Å². The molecule has 1 aromatic carbocycles. The van der Waals surface area contributed by atoms with Crippen LogP contribution in [0.3, 0.4) is 0 Å². The predicted octanol–water partition coefficient (Wildman–Crippen LogP) is 4.75. The molecule has 5 rings (SSSR count). The van der Waals surface area contributed by atoms with Gasteiger partial charge in [-0.05, 0) is 62.0 Å². The molecule has 2 N–H and O–H groups in total. The molecule has 3 fully saturated rings. The molecule has 0 spiro atoms. The average molecular weight is 440 g/mol. The number of hydrogen-bond acceptors (Lipinski definition) is 2. The van der Waals surface area contributed by atoms with E-state index in [1.165, 1.54) is 38.5 Å². The smallest absolute Gasteiger partial charge is 0.255 e. The molecule has 0 radical (unpaired) electrons. The molecule has 2 bridgehead atoms. The van der Waals surface area contributed by atoms with Crippen LogP contribution in [0.2, 0.25) is 5.15 Å². The second-order valence-corrected chi connectivity index (χ2v) is 9.14. The maximum Gasteiger partial charge on any atom is 0.255 e. The van der Waals surface area contributed by atoms with Crippen LogP contribution in [-0.4, -0.2) is 28.7 Å². The van der Waals surface area contributed by atoms with Crippen LogP contribution in [0.1, 0.15) is 48.9 Å². The Kier molecular flexibility index (Phi) is 5.06. The first kappa shape index (κ1) is 18.3. The molecule has 1 heterocycles. The van der Waals surface area contributed by atoms with E-state index < -0.39 is 0 Å². The lowest BCUT2D eigenvalue weighted by atomic mass is 9.61. The number of aliphatic hydroxyl groups excluding tert-OH is 1. The number of amides is 1. The SMILES string of the molecule is O=C(NCC12CCC(CC1)CC2)c1c(Cl)n(CCO)c2cc(Br)ccc12. The van der Waals surface area contributed by atoms with E-state index in [0.29, 0.717) is 17.3 Å². The van der Waals surface area contributed by atoms with Crippen LogP contribution in [0.15, 0.2) is 22.7 Å². The third kappa shape index (κ3) is 3.19. The van der Waals surface area contributed by atoms with Crippen LogP contribution >= 0.6 is 27.5 Å². The lowest BCUT2D eigenvalue weighted by molar-refractivity contribution is 0.0598. The van der Waals surface area contributed by atoms with Crippen LogP contribution in [0.5, 0.6) is 0 Å². The van der Waals surface area contributed by atoms with Crippen molar-refractivity contribution in [1.29, 1.82) is 0 Å². The number of nitrogens with one attached hydrogen (secondary N) is 1. The van der Waals surface area contributed by atoms with Gasteiger partial charge in [-0.3, -0.25) is 4.79 Å². The summed E-state index contributed by atoms with van der Waals surface area (Å²) < 4.78 is 2.73. The standard InChI is InChI=1S/C20H24BrClN2O2/c21-14-1-2-15-16(11-14)24(9-10-25)18(22)17(15)19(26)23-12-20-6-3-13(4-7-20)5-8-20/h1-2,11,13,25H,3-10,12H2,(H,23,26). The number of hydrogen-bond donors (Lipinski definition) is 2. The Morgan fingerprint density at radius 3 is 2.65 bits per heavy atom. The number of benzene rings is 1. The minimum absolute atomic E-state index is 0.0264. The second-order valence-electron chi connectivity index (χ2n) is 7.87. The summed E-state index contributed by atoms with van der Waals surface area (Å²) >= 11 is 10.0. The Bertz CT molecular complexity index is 826. The van der Waals surface area contributed by atoms with Crippen molar-refractivity contribution in [3.8, 4) is 0 Å². The van der Waals surface area contributed by atoms with Crippen molar-refractivity contribution >= 4 is 44.3 Å². The normalized spacial score (nSPS) is 25.0. The Labute approximate surface area is 167 Å². The summed E-state index contributed by atoms with van der Waals surface area (Å²) in [6, 6.07) is 5.77. The third-order valence-electron chi connectivity index (χ3n) is 6.39. The minimum atomic E-state index is -0.110. The Morgan fingerprint density at radius 1 is 1.31 bits per heavy atom. The van der Waals surface area contributed by atoms with Gasteiger partial charge in [0.05, 0.1) is 17.7 Å². The number of aromatic nitrogens is 1. The second kappa shape index (κ2) is 7.17. The van der Waals surface area contributed by atoms with Gasteiger partial charge in [-0.25, -0.2) is 0 Å². The predicted molar refractivity (Wildman–Crippen MR) is 108 cm³/mol. The molecule has 1 aromatic heterocycles. The molecular weight excluding hydrogens is 416 g/mol. The van der Waals surface area contributed by atoms with Crippen molar-refractivity contribution in [1.82, 2.24) is 9.88 Å². The minimum Gasteiger partial charge on any atom is -0.395 e. The van der Waals surface area contributed by atoms with Gasteiger partial charge in [0.25, 0.3) is 5.91 Å². The van der Waals surface area contributed by atoms with E-state index in [2.05, 4.69) is 21.2 Å². The zero-order chi connectivity index (χ0) is 18.3. The summed E-state index contributed by atoms with van der Waals surface area (Å²) in [7, 11) is 0. The number of carbonyl (C=O) groups is 1. The van der Waals surface area contributed by atoms with Gasteiger partial charge in [0, 0.05) is 22.9 Å². The number of aliphatic hydroxyl groups is 1. The molecule has 0 unspecified atom stereocenters. The largest absolute Gasteiger partial charge is 0.395 e. The highest BCUT2D eigenvalue weighted by Gasteiger charge is 2.40. The fourth-order valence-corrected chi connectivity index (χ4v) is 5.50. The highest BCUT2D eigenvalue weighted by Crippen LogP contribution is 2.49. The molecule has 0 aliphatic heterocycles. The first-order valence-corrected chi connectivity index (χ1v) is 10.6. The summed E-state index contributed by atoms with van der Waals surface area (Å²) in [4.78, 5) is 13.0. The maximum atomic E-state index is 13.0. The molecule has 0 saturated heterocycles. The highest BCUT2D eigenvalue weighted by molar-refractivity contribution is 9.10. The highest BCUT2D eigenvalue weighted by atomic mass is 79.9. The zero-order valence-corrected chi connectivity index (χ0v) is 17.1. The van der Waals surface area contributed by atoms with E-state index >= 15 is 0 Å². The molecule has 2 aromatic rings. The first-order valence-electron chi connectivity index (χ1n) is 9.39. The van der Waals surface area contributed by atoms with Crippen molar-refractivity contribution in [3.05, 3.63) is 33.4 Å². The molecule has 3 aliphatic carbocycles. The van der Waals surface area contributed by atoms with Crippen LogP contribution in [0.4, 0.5) is 0 Å². The molecule has 140 valence electrons. The fourth-order valence-electron chi connectivity index (χ4n) is 4.79. The van der Waals surface area contributed by atoms with E-state index in [-0.39, 0.29) is 17.9 Å². The van der Waals surface area contributed by atoms with Gasteiger partial charge in [0.2, 0.25) is 0 Å². The average Bonchev–Trinajstić information content (AvgIpc) is 2.93. The topological polar surface area (TPSA) is 54.3 Å². The summed E-state index contributed by atoms with van der Waals surface area (Å²) in [5.74, 6) is 0.804. The van der Waals surface area contributed by atoms with Crippen LogP contribution < -0.4 is 5.32 Å². The van der Waals surface area contributed by atoms with Crippen LogP contribution in [0.25, 0.3) is 10.9 Å². The number of fused-ring (bicyclic) bond motifs is 4. The summed E-state index contributed by atoms with van der Waals surface area (Å²) in [6.07, 6.45) is 7.60. The molecular formula is C20H24BrClN2O2. The molecule has 4 nitrogen and oxygen atoms in total. The van der Waals surface area contributed by atoms with Gasteiger partial charge in [-0.2, -0.15) is 0 Å². The monoisotopic (exact) mass is 438 g/mol. The van der Waals surface area contributed by atoms with Gasteiger partial charge in [-0.1, -0.05) is 33.6 Å². The van der Waals surface area contributed by atoms with E-state index in [1.54, 1.807) is 4.57 Å². The molecule has 1 amide bonds. The summed E-state index contributed by atoms with van der Waals surface area (Å²) in [6.45, 7) is 1.07. The van der Waals surface area contributed by atoms with Gasteiger partial charge in [0.1, 0.15) is 5.15 Å². The Balaban J connectivity index is 1.61. The van der Waals surface area contributed by atoms with Crippen LogP contribution in [0, 0.1) is 11.3 Å². The third-order valence-corrected chi connectivity index (χ3v) is 7.27. The van der Waals surface area contributed by atoms with Gasteiger partial charge in [-0.15, -0.1) is 0 Å². The molecule has 3 aliphatic rings. The van der Waals surface area contributed by atoms with Gasteiger partial charge >= 0.3 is 0 Å². The summed E-state index contributed by atoms with van der Waals surface area (Å²) in [5, 5.41) is 13.8. The lowest BCUT2D eigenvalue weighted by Crippen LogP contribution is -2.43. The zero-order valence-electron chi connectivity index (χ0n) is 14.7. The number of nitrogens with zero attached hydrogens (tertiary/aromatic N) is 1. The molecule has 3 saturated carbocycles. The van der Waals surface area contributed by atoms with E-state index in [4.69, 9.17) is 11.6 Å². The van der Waals surface area contributed by atoms with Crippen molar-refractivity contribution in [3.63, 3.8) is 0 Å². The quantitative estimate of drug-likeness (QED) is 0.706. The van der Waals surface area contributed by atoms with Crippen molar-refractivity contribution in [2.24, 2.45) is 11.3 Å². The number of halogens is 2. The Hall–Kier alpha value is -1.04. The first-order chi connectivity index (χ1) is 12.5. The van der Waals surface area contributed by atoms with E-state index in [1.807, 2.05) is 18.2 Å². The van der Waals surface area contributed by atoms with Crippen molar-refractivity contribution in [2.75, 3.05) is 13.2 Å². The number of carbonyl (C=O) groups excluding carboxylic acids is 1. The molecule has 26 heavy (non-hydrogen) atoms. The number of rotatable bonds is 5. The van der Waals surface area contributed by atoms with Gasteiger partial charge < -0.3 is 15.0 Å². The fraction of sp³-hybridized carbons (Fsp3) is 0.550. The Morgan fingerprint density at radius 2 is 2.00 bits per heavy atom.